The number of nitrogens with zero attached hydrogens (tertiary/aromatic N) is 4. The van der Waals surface area contributed by atoms with Crippen LogP contribution in [0.1, 0.15) is 5.56 Å². The zero-order valence-corrected chi connectivity index (χ0v) is 15.2. The SMILES string of the molecule is COc1cccc(-n2ccn3c(SCc4ccc(F)cc4)nnc3c2=O)c1. The van der Waals surface area contributed by atoms with Crippen LogP contribution in [-0.2, 0) is 5.75 Å². The van der Waals surface area contributed by atoms with E-state index in [-0.39, 0.29) is 17.0 Å². The highest BCUT2D eigenvalue weighted by Crippen LogP contribution is 2.21. The Hall–Kier alpha value is -3.13. The van der Waals surface area contributed by atoms with Crippen molar-refractivity contribution in [1.29, 1.82) is 0 Å². The second kappa shape index (κ2) is 7.24. The Kier molecular flexibility index (Phi) is 4.64. The van der Waals surface area contributed by atoms with Crippen LogP contribution in [0.3, 0.4) is 0 Å². The highest BCUT2D eigenvalue weighted by Gasteiger charge is 2.12. The maximum Gasteiger partial charge on any atom is 0.300 e. The van der Waals surface area contributed by atoms with Gasteiger partial charge in [-0.15, -0.1) is 10.2 Å². The minimum atomic E-state index is -0.271. The molecule has 0 aliphatic rings. The van der Waals surface area contributed by atoms with E-state index in [0.29, 0.717) is 22.3 Å². The van der Waals surface area contributed by atoms with Gasteiger partial charge >= 0.3 is 5.56 Å². The van der Waals surface area contributed by atoms with Crippen molar-refractivity contribution >= 4 is 17.4 Å². The molecule has 0 bridgehead atoms. The molecule has 0 radical (unpaired) electrons. The third-order valence-electron chi connectivity index (χ3n) is 4.05. The molecule has 0 fully saturated rings. The van der Waals surface area contributed by atoms with Gasteiger partial charge in [0.1, 0.15) is 11.6 Å². The maximum atomic E-state index is 13.0. The predicted molar refractivity (Wildman–Crippen MR) is 101 cm³/mol. The van der Waals surface area contributed by atoms with Crippen molar-refractivity contribution in [2.24, 2.45) is 0 Å². The van der Waals surface area contributed by atoms with Gasteiger partial charge in [0, 0.05) is 24.2 Å². The van der Waals surface area contributed by atoms with E-state index in [0.717, 1.165) is 5.56 Å². The van der Waals surface area contributed by atoms with Crippen molar-refractivity contribution < 1.29 is 9.13 Å². The molecule has 0 saturated heterocycles. The Morgan fingerprint density at radius 2 is 1.93 bits per heavy atom. The average molecular weight is 382 g/mol. The molecule has 4 rings (SSSR count). The van der Waals surface area contributed by atoms with Gasteiger partial charge < -0.3 is 4.74 Å². The Balaban J connectivity index is 1.65. The molecule has 0 saturated carbocycles. The summed E-state index contributed by atoms with van der Waals surface area (Å²) in [4.78, 5) is 12.8. The van der Waals surface area contributed by atoms with Crippen LogP contribution in [0.2, 0.25) is 0 Å². The maximum absolute atomic E-state index is 13.0. The number of rotatable bonds is 5. The van der Waals surface area contributed by atoms with Crippen molar-refractivity contribution in [3.63, 3.8) is 0 Å². The van der Waals surface area contributed by atoms with Crippen LogP contribution < -0.4 is 10.3 Å². The summed E-state index contributed by atoms with van der Waals surface area (Å²) in [7, 11) is 1.58. The van der Waals surface area contributed by atoms with E-state index < -0.39 is 0 Å². The van der Waals surface area contributed by atoms with Crippen molar-refractivity contribution in [2.75, 3.05) is 7.11 Å². The van der Waals surface area contributed by atoms with E-state index in [1.807, 2.05) is 18.2 Å². The van der Waals surface area contributed by atoms with Gasteiger partial charge in [0.25, 0.3) is 0 Å². The second-order valence-electron chi connectivity index (χ2n) is 5.77. The molecule has 2 aromatic heterocycles. The summed E-state index contributed by atoms with van der Waals surface area (Å²) in [6.07, 6.45) is 3.43. The minimum Gasteiger partial charge on any atom is -0.497 e. The number of methoxy groups -OCH3 is 1. The predicted octanol–water partition coefficient (Wildman–Crippen LogP) is 3.32. The third-order valence-corrected chi connectivity index (χ3v) is 5.07. The van der Waals surface area contributed by atoms with Gasteiger partial charge in [0.15, 0.2) is 5.16 Å². The Labute approximate surface area is 158 Å². The molecule has 27 heavy (non-hydrogen) atoms. The molecule has 0 aliphatic heterocycles. The lowest BCUT2D eigenvalue weighted by Crippen LogP contribution is -2.20. The molecule has 0 N–H and O–H groups in total. The number of halogens is 1. The Morgan fingerprint density at radius 1 is 1.11 bits per heavy atom. The lowest BCUT2D eigenvalue weighted by Gasteiger charge is -2.08. The summed E-state index contributed by atoms with van der Waals surface area (Å²) in [5.41, 5.74) is 1.61. The molecular weight excluding hydrogens is 367 g/mol. The molecule has 4 aromatic rings. The smallest absolute Gasteiger partial charge is 0.300 e. The van der Waals surface area contributed by atoms with Gasteiger partial charge in [-0.05, 0) is 29.8 Å². The van der Waals surface area contributed by atoms with Gasteiger partial charge in [-0.25, -0.2) is 4.39 Å². The van der Waals surface area contributed by atoms with Crippen LogP contribution >= 0.6 is 11.8 Å². The van der Waals surface area contributed by atoms with Crippen LogP contribution in [0.5, 0.6) is 5.75 Å². The first-order valence-corrected chi connectivity index (χ1v) is 9.12. The monoisotopic (exact) mass is 382 g/mol. The first-order valence-electron chi connectivity index (χ1n) is 8.14. The summed E-state index contributed by atoms with van der Waals surface area (Å²) in [5, 5.41) is 8.76. The molecule has 0 unspecified atom stereocenters. The van der Waals surface area contributed by atoms with E-state index in [2.05, 4.69) is 10.2 Å². The summed E-state index contributed by atoms with van der Waals surface area (Å²) in [6.45, 7) is 0. The molecule has 136 valence electrons. The number of ether oxygens (including phenoxy) is 1. The fourth-order valence-corrected chi connectivity index (χ4v) is 3.53. The van der Waals surface area contributed by atoms with Gasteiger partial charge in [-0.2, -0.15) is 0 Å². The summed E-state index contributed by atoms with van der Waals surface area (Å²) in [6, 6.07) is 13.5. The number of hydrogen-bond donors (Lipinski definition) is 0. The standard InChI is InChI=1S/C19H15FN4O2S/c1-26-16-4-2-3-15(11-16)23-9-10-24-17(18(23)25)21-22-19(24)27-12-13-5-7-14(20)8-6-13/h2-11H,12H2,1H3. The van der Waals surface area contributed by atoms with Crippen LogP contribution in [0.25, 0.3) is 11.3 Å². The number of hydrogen-bond acceptors (Lipinski definition) is 5. The van der Waals surface area contributed by atoms with Gasteiger partial charge in [0.2, 0.25) is 5.65 Å². The van der Waals surface area contributed by atoms with Crippen LogP contribution in [0.15, 0.2) is 70.9 Å². The molecule has 0 spiro atoms. The van der Waals surface area contributed by atoms with E-state index in [1.54, 1.807) is 42.1 Å². The Bertz CT molecular complexity index is 1150. The van der Waals surface area contributed by atoms with Crippen LogP contribution in [0, 0.1) is 5.82 Å². The molecule has 2 aromatic carbocycles. The number of benzene rings is 2. The van der Waals surface area contributed by atoms with E-state index in [4.69, 9.17) is 4.74 Å². The van der Waals surface area contributed by atoms with E-state index in [1.165, 1.54) is 28.5 Å². The summed E-state index contributed by atoms with van der Waals surface area (Å²) >= 11 is 1.43. The molecule has 0 atom stereocenters. The highest BCUT2D eigenvalue weighted by molar-refractivity contribution is 7.98. The minimum absolute atomic E-state index is 0.238. The van der Waals surface area contributed by atoms with E-state index >= 15 is 0 Å². The van der Waals surface area contributed by atoms with Crippen molar-refractivity contribution in [1.82, 2.24) is 19.2 Å². The normalized spacial score (nSPS) is 11.0. The fraction of sp³-hybridized carbons (Fsp3) is 0.105. The molecule has 8 heteroatoms. The molecule has 2 heterocycles. The fourth-order valence-electron chi connectivity index (χ4n) is 2.66. The van der Waals surface area contributed by atoms with Gasteiger partial charge in [0.05, 0.1) is 12.8 Å². The summed E-state index contributed by atoms with van der Waals surface area (Å²) < 4.78 is 21.4. The lowest BCUT2D eigenvalue weighted by molar-refractivity contribution is 0.414. The van der Waals surface area contributed by atoms with E-state index in [9.17, 15) is 9.18 Å². The quantitative estimate of drug-likeness (QED) is 0.496. The number of aromatic nitrogens is 4. The Morgan fingerprint density at radius 3 is 2.70 bits per heavy atom. The molecular formula is C19H15FN4O2S. The topological polar surface area (TPSA) is 61.4 Å². The third kappa shape index (κ3) is 3.43. The van der Waals surface area contributed by atoms with Crippen molar-refractivity contribution in [3.05, 3.63) is 82.7 Å². The second-order valence-corrected chi connectivity index (χ2v) is 6.71. The molecule has 0 amide bonds. The highest BCUT2D eigenvalue weighted by atomic mass is 32.2. The first-order chi connectivity index (χ1) is 13.2. The van der Waals surface area contributed by atoms with Crippen molar-refractivity contribution in [2.45, 2.75) is 10.9 Å². The van der Waals surface area contributed by atoms with Gasteiger partial charge in [-0.3, -0.25) is 13.8 Å². The number of thioether (sulfide) groups is 1. The van der Waals surface area contributed by atoms with Crippen molar-refractivity contribution in [3.8, 4) is 11.4 Å². The average Bonchev–Trinajstić information content (AvgIpc) is 3.12. The van der Waals surface area contributed by atoms with Crippen LogP contribution in [-0.4, -0.2) is 26.3 Å². The number of fused-ring (bicyclic) bond motifs is 1. The molecule has 6 nitrogen and oxygen atoms in total. The first kappa shape index (κ1) is 17.3. The zero-order chi connectivity index (χ0) is 18.8. The van der Waals surface area contributed by atoms with Gasteiger partial charge in [-0.1, -0.05) is 30.0 Å². The summed E-state index contributed by atoms with van der Waals surface area (Å²) in [5.74, 6) is 0.992. The molecule has 0 aliphatic carbocycles. The zero-order valence-electron chi connectivity index (χ0n) is 14.4. The largest absolute Gasteiger partial charge is 0.497 e. The lowest BCUT2D eigenvalue weighted by atomic mass is 10.2. The van der Waals surface area contributed by atoms with Crippen LogP contribution in [0.4, 0.5) is 4.39 Å².